The van der Waals surface area contributed by atoms with Gasteiger partial charge in [-0.1, -0.05) is 11.6 Å². The highest BCUT2D eigenvalue weighted by Crippen LogP contribution is 2.26. The van der Waals surface area contributed by atoms with E-state index in [1.54, 1.807) is 0 Å². The van der Waals surface area contributed by atoms with Gasteiger partial charge in [0, 0.05) is 25.8 Å². The lowest BCUT2D eigenvalue weighted by atomic mass is 10.2. The van der Waals surface area contributed by atoms with Crippen molar-refractivity contribution in [3.63, 3.8) is 0 Å². The first-order chi connectivity index (χ1) is 8.97. The zero-order valence-electron chi connectivity index (χ0n) is 10.3. The number of nitrogens with zero attached hydrogens (tertiary/aromatic N) is 1. The molecule has 0 aliphatic carbocycles. The van der Waals surface area contributed by atoms with Gasteiger partial charge < -0.3 is 15.8 Å². The van der Waals surface area contributed by atoms with Gasteiger partial charge in [-0.2, -0.15) is 0 Å². The Labute approximate surface area is 114 Å². The molecule has 0 saturated carbocycles. The Kier molecular flexibility index (Phi) is 5.68. The summed E-state index contributed by atoms with van der Waals surface area (Å²) in [4.78, 5) is 21.6. The maximum atomic E-state index is 11.7. The SMILES string of the molecule is COC(CN)CC(=O)Nc1ccc([N+](=O)[O-])cc1Cl. The van der Waals surface area contributed by atoms with Crippen LogP contribution in [0.5, 0.6) is 0 Å². The number of anilines is 1. The number of nitrogens with two attached hydrogens (primary N) is 1. The number of benzene rings is 1. The van der Waals surface area contributed by atoms with Crippen LogP contribution in [0.4, 0.5) is 11.4 Å². The van der Waals surface area contributed by atoms with Gasteiger partial charge in [0.1, 0.15) is 0 Å². The number of carbonyl (C=O) groups excluding carboxylic acids is 1. The van der Waals surface area contributed by atoms with Crippen molar-refractivity contribution in [3.05, 3.63) is 33.3 Å². The summed E-state index contributed by atoms with van der Waals surface area (Å²) in [5.41, 5.74) is 5.57. The molecule has 3 N–H and O–H groups in total. The number of non-ortho nitro benzene ring substituents is 1. The number of nitro benzene ring substituents is 1. The molecular weight excluding hydrogens is 274 g/mol. The molecule has 104 valence electrons. The van der Waals surface area contributed by atoms with E-state index in [2.05, 4.69) is 5.32 Å². The van der Waals surface area contributed by atoms with Crippen LogP contribution in [0, 0.1) is 10.1 Å². The minimum absolute atomic E-state index is 0.0836. The second-order valence-corrected chi connectivity index (χ2v) is 4.17. The van der Waals surface area contributed by atoms with Gasteiger partial charge in [-0.05, 0) is 6.07 Å². The van der Waals surface area contributed by atoms with Gasteiger partial charge in [-0.25, -0.2) is 0 Å². The predicted molar refractivity (Wildman–Crippen MR) is 71.2 cm³/mol. The molecule has 0 spiro atoms. The van der Waals surface area contributed by atoms with Crippen molar-refractivity contribution in [2.24, 2.45) is 5.73 Å². The lowest BCUT2D eigenvalue weighted by Gasteiger charge is -2.13. The number of amides is 1. The van der Waals surface area contributed by atoms with E-state index in [1.165, 1.54) is 25.3 Å². The fraction of sp³-hybridized carbons (Fsp3) is 0.364. The van der Waals surface area contributed by atoms with Gasteiger partial charge >= 0.3 is 0 Å². The van der Waals surface area contributed by atoms with Crippen LogP contribution in [0.3, 0.4) is 0 Å². The van der Waals surface area contributed by atoms with Gasteiger partial charge in [0.2, 0.25) is 5.91 Å². The number of halogens is 1. The third kappa shape index (κ3) is 4.47. The van der Waals surface area contributed by atoms with Gasteiger partial charge in [0.05, 0.1) is 28.2 Å². The number of methoxy groups -OCH3 is 1. The van der Waals surface area contributed by atoms with Crippen LogP contribution < -0.4 is 11.1 Å². The molecule has 0 radical (unpaired) electrons. The molecular formula is C11H14ClN3O4. The van der Waals surface area contributed by atoms with Crippen molar-refractivity contribution in [2.75, 3.05) is 19.0 Å². The van der Waals surface area contributed by atoms with E-state index in [1.807, 2.05) is 0 Å². The van der Waals surface area contributed by atoms with Gasteiger partial charge in [-0.3, -0.25) is 14.9 Å². The Bertz CT molecular complexity index is 477. The highest BCUT2D eigenvalue weighted by atomic mass is 35.5. The first-order valence-electron chi connectivity index (χ1n) is 5.44. The van der Waals surface area contributed by atoms with Gasteiger partial charge in [0.15, 0.2) is 0 Å². The molecule has 0 bridgehead atoms. The number of carbonyl (C=O) groups is 1. The molecule has 1 amide bonds. The number of nitrogens with one attached hydrogen (secondary N) is 1. The van der Waals surface area contributed by atoms with Crippen molar-refractivity contribution < 1.29 is 14.5 Å². The number of nitro groups is 1. The first kappa shape index (κ1) is 15.4. The zero-order chi connectivity index (χ0) is 14.4. The topological polar surface area (TPSA) is 107 Å². The third-order valence-corrected chi connectivity index (χ3v) is 2.76. The second kappa shape index (κ2) is 7.03. The van der Waals surface area contributed by atoms with E-state index in [-0.39, 0.29) is 35.7 Å². The second-order valence-electron chi connectivity index (χ2n) is 3.77. The summed E-state index contributed by atoms with van der Waals surface area (Å²) in [5, 5.41) is 13.2. The normalized spacial score (nSPS) is 11.9. The predicted octanol–water partition coefficient (Wildman–Crippen LogP) is 1.55. The summed E-state index contributed by atoms with van der Waals surface area (Å²) < 4.78 is 4.98. The highest BCUT2D eigenvalue weighted by molar-refractivity contribution is 6.33. The number of ether oxygens (including phenoxy) is 1. The van der Waals surface area contributed by atoms with Gasteiger partial charge in [0.25, 0.3) is 5.69 Å². The average Bonchev–Trinajstić information content (AvgIpc) is 2.38. The maximum absolute atomic E-state index is 11.7. The Morgan fingerprint density at radius 2 is 2.32 bits per heavy atom. The third-order valence-electron chi connectivity index (χ3n) is 2.45. The van der Waals surface area contributed by atoms with Crippen LogP contribution in [-0.4, -0.2) is 30.6 Å². The van der Waals surface area contributed by atoms with E-state index in [0.29, 0.717) is 5.69 Å². The van der Waals surface area contributed by atoms with Crippen molar-refractivity contribution in [2.45, 2.75) is 12.5 Å². The molecule has 1 aromatic rings. The van der Waals surface area contributed by atoms with Crippen LogP contribution >= 0.6 is 11.6 Å². The Hall–Kier alpha value is -1.70. The molecule has 0 aromatic heterocycles. The smallest absolute Gasteiger partial charge is 0.271 e. The van der Waals surface area contributed by atoms with E-state index < -0.39 is 4.92 Å². The standard InChI is InChI=1S/C11H14ClN3O4/c1-19-8(6-13)5-11(16)14-10-3-2-7(15(17)18)4-9(10)12/h2-4,8H,5-6,13H2,1H3,(H,14,16). The molecule has 1 aromatic carbocycles. The van der Waals surface area contributed by atoms with Crippen LogP contribution in [-0.2, 0) is 9.53 Å². The fourth-order valence-electron chi connectivity index (χ4n) is 1.39. The number of rotatable bonds is 6. The fourth-order valence-corrected chi connectivity index (χ4v) is 1.61. The van der Waals surface area contributed by atoms with Crippen molar-refractivity contribution >= 4 is 28.9 Å². The maximum Gasteiger partial charge on any atom is 0.271 e. The number of hydrogen-bond donors (Lipinski definition) is 2. The molecule has 0 heterocycles. The Balaban J connectivity index is 2.72. The van der Waals surface area contributed by atoms with E-state index in [0.717, 1.165) is 0 Å². The molecule has 0 aliphatic rings. The number of hydrogen-bond acceptors (Lipinski definition) is 5. The molecule has 1 unspecified atom stereocenters. The van der Waals surface area contributed by atoms with Crippen molar-refractivity contribution in [3.8, 4) is 0 Å². The summed E-state index contributed by atoms with van der Waals surface area (Å²) >= 11 is 5.85. The largest absolute Gasteiger partial charge is 0.380 e. The minimum atomic E-state index is -0.563. The molecule has 1 rings (SSSR count). The molecule has 0 aliphatic heterocycles. The van der Waals surface area contributed by atoms with Crippen LogP contribution in [0.2, 0.25) is 5.02 Å². The van der Waals surface area contributed by atoms with E-state index in [9.17, 15) is 14.9 Å². The Morgan fingerprint density at radius 3 is 2.79 bits per heavy atom. The Morgan fingerprint density at radius 1 is 1.63 bits per heavy atom. The van der Waals surface area contributed by atoms with Crippen molar-refractivity contribution in [1.29, 1.82) is 0 Å². The molecule has 7 nitrogen and oxygen atoms in total. The molecule has 0 saturated heterocycles. The monoisotopic (exact) mass is 287 g/mol. The molecule has 19 heavy (non-hydrogen) atoms. The average molecular weight is 288 g/mol. The molecule has 8 heteroatoms. The summed E-state index contributed by atoms with van der Waals surface area (Å²) in [6.45, 7) is 0.220. The lowest BCUT2D eigenvalue weighted by molar-refractivity contribution is -0.384. The van der Waals surface area contributed by atoms with E-state index >= 15 is 0 Å². The summed E-state index contributed by atoms with van der Waals surface area (Å²) in [6.07, 6.45) is -0.294. The van der Waals surface area contributed by atoms with Crippen LogP contribution in [0.1, 0.15) is 6.42 Å². The van der Waals surface area contributed by atoms with Crippen LogP contribution in [0.25, 0.3) is 0 Å². The first-order valence-corrected chi connectivity index (χ1v) is 5.82. The van der Waals surface area contributed by atoms with Crippen molar-refractivity contribution in [1.82, 2.24) is 0 Å². The summed E-state index contributed by atoms with van der Waals surface area (Å²) in [6, 6.07) is 3.81. The quantitative estimate of drug-likeness (QED) is 0.609. The lowest BCUT2D eigenvalue weighted by Crippen LogP contribution is -2.28. The summed E-state index contributed by atoms with van der Waals surface area (Å²) in [7, 11) is 1.46. The van der Waals surface area contributed by atoms with Crippen LogP contribution in [0.15, 0.2) is 18.2 Å². The molecule has 1 atom stereocenters. The zero-order valence-corrected chi connectivity index (χ0v) is 11.0. The van der Waals surface area contributed by atoms with Gasteiger partial charge in [-0.15, -0.1) is 0 Å². The molecule has 0 fully saturated rings. The minimum Gasteiger partial charge on any atom is -0.380 e. The highest BCUT2D eigenvalue weighted by Gasteiger charge is 2.14. The summed E-state index contributed by atoms with van der Waals surface area (Å²) in [5.74, 6) is -0.326. The van der Waals surface area contributed by atoms with E-state index in [4.69, 9.17) is 22.1 Å².